The van der Waals surface area contributed by atoms with E-state index in [1.54, 1.807) is 26.5 Å². The molecule has 0 heterocycles. The highest BCUT2D eigenvalue weighted by Crippen LogP contribution is 2.69. The Balaban J connectivity index is 7.03. The number of hydrogen-bond acceptors (Lipinski definition) is 3. The van der Waals surface area contributed by atoms with E-state index in [1.165, 1.54) is 0 Å². The number of amides is 1. The van der Waals surface area contributed by atoms with Gasteiger partial charge in [-0.15, -0.1) is 0 Å². The average molecular weight is 969 g/mol. The van der Waals surface area contributed by atoms with Crippen LogP contribution in [0, 0.1) is 0 Å². The topological polar surface area (TPSA) is 63.2 Å². The van der Waals surface area contributed by atoms with Crippen LogP contribution in [0.15, 0.2) is 0 Å². The minimum Gasteiger partial charge on any atom is -0.355 e. The minimum atomic E-state index is -10.0. The van der Waals surface area contributed by atoms with Gasteiger partial charge in [-0.1, -0.05) is 0 Å². The van der Waals surface area contributed by atoms with Gasteiger partial charge in [0.25, 0.3) is 0 Å². The van der Waals surface area contributed by atoms with Crippen LogP contribution in [0.3, 0.4) is 0 Å². The lowest BCUT2D eigenvalue weighted by molar-refractivity contribution is -0.870. The van der Waals surface area contributed by atoms with Crippen LogP contribution in [0.5, 0.6) is 0 Å². The number of carbonyl (C=O) groups is 1. The fraction of sp³-hybridized carbons (Fsp3) is 0.958. The molecule has 5 nitrogen and oxygen atoms in total. The zero-order valence-electron chi connectivity index (χ0n) is 28.3. The van der Waals surface area contributed by atoms with Gasteiger partial charge >= 0.3 is 83.2 Å². The first-order valence-corrected chi connectivity index (χ1v) is 16.1. The van der Waals surface area contributed by atoms with E-state index in [2.05, 4.69) is 0 Å². The lowest BCUT2D eigenvalue weighted by Gasteiger charge is -2.46. The van der Waals surface area contributed by atoms with Gasteiger partial charge in [-0.3, -0.25) is 4.79 Å². The Morgan fingerprint density at radius 2 is 0.695 bits per heavy atom. The van der Waals surface area contributed by atoms with Gasteiger partial charge < -0.3 is 9.80 Å². The lowest BCUT2D eigenvalue weighted by Crippen LogP contribution is -2.79. The Labute approximate surface area is 308 Å². The highest BCUT2D eigenvalue weighted by atomic mass is 32.2. The second kappa shape index (κ2) is 15.3. The Morgan fingerprint density at radius 1 is 0.441 bits per heavy atom. The zero-order valence-corrected chi connectivity index (χ0v) is 29.1. The maximum absolute atomic E-state index is 14.1. The molecule has 354 valence electrons. The van der Waals surface area contributed by atoms with Crippen molar-refractivity contribution in [2.45, 2.75) is 96.0 Å². The summed E-state index contributed by atoms with van der Waals surface area (Å²) in [5, 5.41) is 1.80. The Hall–Kier alpha value is -2.65. The first kappa shape index (κ1) is 56.4. The number of carbonyl (C=O) groups excluding carboxylic acids is 1. The van der Waals surface area contributed by atoms with Gasteiger partial charge in [0.2, 0.25) is 5.91 Å². The van der Waals surface area contributed by atoms with Crippen LogP contribution in [0.25, 0.3) is 0 Å². The maximum Gasteiger partial charge on any atom is 0.460 e. The van der Waals surface area contributed by atoms with Crippen molar-refractivity contribution in [1.82, 2.24) is 5.32 Å². The molecule has 0 aromatic rings. The Morgan fingerprint density at radius 3 is 0.949 bits per heavy atom. The molecule has 0 aliphatic heterocycles. The molecule has 59 heavy (non-hydrogen) atoms. The van der Waals surface area contributed by atoms with E-state index in [0.29, 0.717) is 0 Å². The van der Waals surface area contributed by atoms with Crippen molar-refractivity contribution >= 4 is 15.7 Å². The predicted molar refractivity (Wildman–Crippen MR) is 134 cm³/mol. The molecule has 0 aromatic carbocycles. The molecule has 35 heteroatoms. The average Bonchev–Trinajstić information content (AvgIpc) is 2.99. The molecular weight excluding hydrogens is 947 g/mol. The number of halogens is 29. The number of alkyl halides is 29. The molecule has 0 bridgehead atoms. The van der Waals surface area contributed by atoms with Crippen LogP contribution in [0.1, 0.15) is 12.8 Å². The third kappa shape index (κ3) is 8.73. The maximum atomic E-state index is 14.1. The van der Waals surface area contributed by atoms with Gasteiger partial charge in [0.05, 0.1) is 33.4 Å². The summed E-state index contributed by atoms with van der Waals surface area (Å²) in [6.07, 6.45) is -11.8. The van der Waals surface area contributed by atoms with Gasteiger partial charge in [0.1, 0.15) is 5.75 Å². The molecule has 0 saturated carbocycles. The molecule has 1 N–H and O–H groups in total. The summed E-state index contributed by atoms with van der Waals surface area (Å²) in [7, 11) is -0.821. The van der Waals surface area contributed by atoms with Crippen molar-refractivity contribution < 1.29 is 145 Å². The fourth-order valence-corrected chi connectivity index (χ4v) is 5.14. The molecule has 0 aliphatic carbocycles. The van der Waals surface area contributed by atoms with Crippen molar-refractivity contribution in [3.63, 3.8) is 0 Å². The van der Waals surface area contributed by atoms with Gasteiger partial charge in [-0.25, -0.2) is 8.42 Å². The van der Waals surface area contributed by atoms with E-state index >= 15 is 0 Å². The molecule has 0 rings (SSSR count). The molecule has 0 unspecified atom stereocenters. The number of nitrogens with zero attached hydrogens (tertiary/aromatic N) is 1. The summed E-state index contributed by atoms with van der Waals surface area (Å²) < 4.78 is 420. The van der Waals surface area contributed by atoms with E-state index in [4.69, 9.17) is 0 Å². The Bertz CT molecular complexity index is 1610. The summed E-state index contributed by atoms with van der Waals surface area (Å²) in [5.74, 6) is -129. The molecule has 0 fully saturated rings. The second-order valence-corrected chi connectivity index (χ2v) is 15.3. The fourth-order valence-electron chi connectivity index (χ4n) is 3.92. The van der Waals surface area contributed by atoms with Gasteiger partial charge in [-0.2, -0.15) is 127 Å². The normalized spacial score (nSPS) is 16.4. The number of sulfone groups is 1. The predicted octanol–water partition coefficient (Wildman–Crippen LogP) is 8.83. The molecule has 0 aromatic heterocycles. The molecule has 1 amide bonds. The number of rotatable bonds is 21. The molecule has 0 spiro atoms. The van der Waals surface area contributed by atoms with E-state index < -0.39 is 123 Å². The summed E-state index contributed by atoms with van der Waals surface area (Å²) in [5.41, 5.74) is 0. The van der Waals surface area contributed by atoms with Crippen molar-refractivity contribution in [3.05, 3.63) is 0 Å². The lowest BCUT2D eigenvalue weighted by atomic mass is 9.83. The molecule has 0 aliphatic rings. The van der Waals surface area contributed by atoms with Crippen LogP contribution in [0.2, 0.25) is 0 Å². The van der Waals surface area contributed by atoms with E-state index in [1.807, 2.05) is 0 Å². The quantitative estimate of drug-likeness (QED) is 0.0712. The standard InChI is InChI=1S/C24H21F29N2O3S/c1-55(2,3)7-4-6-54-10(56)9-59(57,58)8-5-11(25,26)12(27,28)13(29,30)14(31,32)15(33,34)16(35,36)17(37,38)18(39,40)19(41,42)20(43,44)21(45,46)22(47,48)23(49,50)24(51,52)53/h4-9H2,1-3H3/p+1. The van der Waals surface area contributed by atoms with Crippen molar-refractivity contribution in [2.24, 2.45) is 0 Å². The summed E-state index contributed by atoms with van der Waals surface area (Å²) in [6.45, 7) is -0.147. The third-order valence-electron chi connectivity index (χ3n) is 7.56. The van der Waals surface area contributed by atoms with E-state index in [0.717, 1.165) is 0 Å². The van der Waals surface area contributed by atoms with Crippen LogP contribution < -0.4 is 5.32 Å². The Kier molecular flexibility index (Phi) is 14.6. The van der Waals surface area contributed by atoms with Crippen molar-refractivity contribution in [1.29, 1.82) is 0 Å². The van der Waals surface area contributed by atoms with Crippen molar-refractivity contribution in [3.8, 4) is 0 Å². The first-order chi connectivity index (χ1) is 25.1. The highest BCUT2D eigenvalue weighted by Gasteiger charge is 3.00. The van der Waals surface area contributed by atoms with Crippen LogP contribution >= 0.6 is 0 Å². The van der Waals surface area contributed by atoms with E-state index in [-0.39, 0.29) is 17.4 Å². The smallest absolute Gasteiger partial charge is 0.355 e. The SMILES string of the molecule is C[N+](C)(C)CCCNC(=O)CS(=O)(=O)CCC(F)(F)C(F)(F)C(F)(F)C(F)(F)C(F)(F)C(F)(F)C(F)(F)C(F)(F)C(F)(F)C(F)(F)C(F)(F)C(F)(F)C(F)(F)C(F)(F)F. The molecule has 0 atom stereocenters. The molecule has 0 saturated heterocycles. The van der Waals surface area contributed by atoms with Gasteiger partial charge in [-0.05, 0) is 0 Å². The summed E-state index contributed by atoms with van der Waals surface area (Å²) in [6, 6.07) is 0. The summed E-state index contributed by atoms with van der Waals surface area (Å²) >= 11 is 0. The van der Waals surface area contributed by atoms with E-state index in [9.17, 15) is 141 Å². The largest absolute Gasteiger partial charge is 0.460 e. The number of nitrogens with one attached hydrogen (secondary N) is 1. The van der Waals surface area contributed by atoms with Crippen molar-refractivity contribution in [2.75, 3.05) is 45.7 Å². The minimum absolute atomic E-state index is 0.0484. The molecular formula is C24H22F29N2O3S+. The second-order valence-electron chi connectivity index (χ2n) is 13.2. The summed E-state index contributed by atoms with van der Waals surface area (Å²) in [4.78, 5) is 11.7. The van der Waals surface area contributed by atoms with Crippen LogP contribution in [-0.4, -0.2) is 148 Å². The monoisotopic (exact) mass is 969 g/mol. The van der Waals surface area contributed by atoms with Crippen LogP contribution in [0.4, 0.5) is 127 Å². The molecule has 0 radical (unpaired) electrons. The third-order valence-corrected chi connectivity index (χ3v) is 9.09. The first-order valence-electron chi connectivity index (χ1n) is 14.3. The number of quaternary nitrogens is 1. The highest BCUT2D eigenvalue weighted by molar-refractivity contribution is 7.92. The number of hydrogen-bond donors (Lipinski definition) is 1. The van der Waals surface area contributed by atoms with Gasteiger partial charge in [0.15, 0.2) is 9.84 Å². The zero-order chi connectivity index (χ0) is 48.5. The van der Waals surface area contributed by atoms with Crippen LogP contribution in [-0.2, 0) is 14.6 Å². The van der Waals surface area contributed by atoms with Gasteiger partial charge in [0, 0.05) is 19.4 Å².